The molecule has 2 aromatic carbocycles. The summed E-state index contributed by atoms with van der Waals surface area (Å²) < 4.78 is 11.2. The summed E-state index contributed by atoms with van der Waals surface area (Å²) in [4.78, 5) is 12.2. The number of phenols is 1. The van der Waals surface area contributed by atoms with Crippen LogP contribution in [0.2, 0.25) is 5.02 Å². The molecule has 0 atom stereocenters. The van der Waals surface area contributed by atoms with Gasteiger partial charge in [-0.25, -0.2) is 0 Å². The van der Waals surface area contributed by atoms with E-state index in [0.717, 1.165) is 5.56 Å². The van der Waals surface area contributed by atoms with E-state index in [-0.39, 0.29) is 18.1 Å². The molecular weight excluding hydrogens is 342 g/mol. The van der Waals surface area contributed by atoms with E-state index in [4.69, 9.17) is 20.8 Å². The van der Waals surface area contributed by atoms with Gasteiger partial charge >= 0.3 is 0 Å². The molecule has 3 aromatic rings. The second-order valence-corrected chi connectivity index (χ2v) is 5.85. The molecule has 0 radical (unpaired) electrons. The number of para-hydroxylation sites is 1. The summed E-state index contributed by atoms with van der Waals surface area (Å²) in [5, 5.41) is 12.6. The van der Waals surface area contributed by atoms with Crippen LogP contribution in [0.3, 0.4) is 0 Å². The molecule has 0 unspecified atom stereocenters. The largest absolute Gasteiger partial charge is 0.508 e. The van der Waals surface area contributed by atoms with E-state index in [2.05, 4.69) is 5.32 Å². The molecule has 0 aliphatic heterocycles. The Morgan fingerprint density at radius 3 is 2.76 bits per heavy atom. The molecule has 0 saturated heterocycles. The van der Waals surface area contributed by atoms with Crippen molar-refractivity contribution in [3.63, 3.8) is 0 Å². The summed E-state index contributed by atoms with van der Waals surface area (Å²) in [5.41, 5.74) is 1.40. The second-order valence-electron chi connectivity index (χ2n) is 5.44. The maximum absolute atomic E-state index is 12.2. The highest BCUT2D eigenvalue weighted by Gasteiger charge is 2.13. The zero-order valence-corrected chi connectivity index (χ0v) is 14.2. The van der Waals surface area contributed by atoms with Crippen LogP contribution in [0.15, 0.2) is 59.0 Å². The SMILES string of the molecule is Cc1cccc(Cl)c1OCc1ccc(C(=O)Nc2cccc(O)c2)o1. The van der Waals surface area contributed by atoms with Gasteiger partial charge in [0.15, 0.2) is 5.76 Å². The molecule has 1 heterocycles. The third-order valence-corrected chi connectivity index (χ3v) is 3.81. The number of rotatable bonds is 5. The molecule has 25 heavy (non-hydrogen) atoms. The van der Waals surface area contributed by atoms with E-state index in [1.54, 1.807) is 30.3 Å². The summed E-state index contributed by atoms with van der Waals surface area (Å²) in [6.07, 6.45) is 0. The molecule has 2 N–H and O–H groups in total. The van der Waals surface area contributed by atoms with E-state index in [0.29, 0.717) is 22.2 Å². The molecule has 1 aromatic heterocycles. The number of phenolic OH excluding ortho intramolecular Hbond substituents is 1. The number of hydrogen-bond acceptors (Lipinski definition) is 4. The van der Waals surface area contributed by atoms with Crippen molar-refractivity contribution in [1.82, 2.24) is 0 Å². The standard InChI is InChI=1S/C19H16ClNO4/c1-12-4-2-7-16(20)18(12)24-11-15-8-9-17(25-15)19(23)21-13-5-3-6-14(22)10-13/h2-10,22H,11H2,1H3,(H,21,23). The van der Waals surface area contributed by atoms with Crippen LogP contribution in [0.4, 0.5) is 5.69 Å². The maximum atomic E-state index is 12.2. The van der Waals surface area contributed by atoms with Crippen LogP contribution < -0.4 is 10.1 Å². The number of anilines is 1. The maximum Gasteiger partial charge on any atom is 0.291 e. The Balaban J connectivity index is 1.65. The molecule has 128 valence electrons. The fourth-order valence-corrected chi connectivity index (χ4v) is 2.57. The fourth-order valence-electron chi connectivity index (χ4n) is 2.30. The first-order chi connectivity index (χ1) is 12.0. The smallest absolute Gasteiger partial charge is 0.291 e. The number of aromatic hydroxyl groups is 1. The number of carbonyl (C=O) groups is 1. The lowest BCUT2D eigenvalue weighted by atomic mass is 10.2. The highest BCUT2D eigenvalue weighted by molar-refractivity contribution is 6.32. The van der Waals surface area contributed by atoms with Crippen molar-refractivity contribution in [3.05, 3.63) is 76.7 Å². The first kappa shape index (κ1) is 16.9. The van der Waals surface area contributed by atoms with Gasteiger partial charge in [-0.05, 0) is 42.8 Å². The van der Waals surface area contributed by atoms with E-state index in [9.17, 15) is 9.90 Å². The number of halogens is 1. The quantitative estimate of drug-likeness (QED) is 0.689. The highest BCUT2D eigenvalue weighted by atomic mass is 35.5. The predicted octanol–water partition coefficient (Wildman–Crippen LogP) is 4.78. The Bertz CT molecular complexity index is 884. The molecule has 0 fully saturated rings. The number of ether oxygens (including phenoxy) is 1. The van der Waals surface area contributed by atoms with Gasteiger partial charge < -0.3 is 19.6 Å². The van der Waals surface area contributed by atoms with Gasteiger partial charge in [-0.1, -0.05) is 29.8 Å². The Morgan fingerprint density at radius 2 is 2.00 bits per heavy atom. The van der Waals surface area contributed by atoms with Crippen molar-refractivity contribution >= 4 is 23.2 Å². The molecule has 6 heteroatoms. The molecule has 3 rings (SSSR count). The topological polar surface area (TPSA) is 71.7 Å². The average molecular weight is 358 g/mol. The summed E-state index contributed by atoms with van der Waals surface area (Å²) >= 11 is 6.11. The lowest BCUT2D eigenvalue weighted by Gasteiger charge is -2.09. The van der Waals surface area contributed by atoms with Crippen molar-refractivity contribution in [1.29, 1.82) is 0 Å². The van der Waals surface area contributed by atoms with Gasteiger partial charge in [0.05, 0.1) is 5.02 Å². The summed E-state index contributed by atoms with van der Waals surface area (Å²) in [5.74, 6) is 0.900. The lowest BCUT2D eigenvalue weighted by Crippen LogP contribution is -2.10. The van der Waals surface area contributed by atoms with Crippen molar-refractivity contribution < 1.29 is 19.1 Å². The van der Waals surface area contributed by atoms with Crippen molar-refractivity contribution in [2.75, 3.05) is 5.32 Å². The van der Waals surface area contributed by atoms with Gasteiger partial charge in [-0.2, -0.15) is 0 Å². The number of benzene rings is 2. The number of hydrogen-bond donors (Lipinski definition) is 2. The molecule has 5 nitrogen and oxygen atoms in total. The van der Waals surface area contributed by atoms with Gasteiger partial charge in [0, 0.05) is 11.8 Å². The number of nitrogens with one attached hydrogen (secondary N) is 1. The minimum absolute atomic E-state index is 0.0708. The number of aryl methyl sites for hydroxylation is 1. The summed E-state index contributed by atoms with van der Waals surface area (Å²) in [7, 11) is 0. The normalized spacial score (nSPS) is 10.5. The second kappa shape index (κ2) is 7.32. The molecule has 1 amide bonds. The number of amides is 1. The Labute approximate surface area is 149 Å². The first-order valence-electron chi connectivity index (χ1n) is 7.60. The van der Waals surface area contributed by atoms with Crippen molar-refractivity contribution in [2.45, 2.75) is 13.5 Å². The molecule has 0 aliphatic carbocycles. The minimum Gasteiger partial charge on any atom is -0.508 e. The molecule has 0 aliphatic rings. The lowest BCUT2D eigenvalue weighted by molar-refractivity contribution is 0.0992. The summed E-state index contributed by atoms with van der Waals surface area (Å²) in [6.45, 7) is 2.06. The average Bonchev–Trinajstić information content (AvgIpc) is 3.03. The van der Waals surface area contributed by atoms with E-state index < -0.39 is 5.91 Å². The Hall–Kier alpha value is -2.92. The van der Waals surface area contributed by atoms with Crippen LogP contribution in [0.5, 0.6) is 11.5 Å². The van der Waals surface area contributed by atoms with Gasteiger partial charge in [0.25, 0.3) is 5.91 Å². The fraction of sp³-hybridized carbons (Fsp3) is 0.105. The van der Waals surface area contributed by atoms with E-state index in [1.165, 1.54) is 12.1 Å². The van der Waals surface area contributed by atoms with Gasteiger partial charge in [0.2, 0.25) is 0 Å². The highest BCUT2D eigenvalue weighted by Crippen LogP contribution is 2.28. The van der Waals surface area contributed by atoms with Crippen molar-refractivity contribution in [3.8, 4) is 11.5 Å². The third kappa shape index (κ3) is 4.14. The van der Waals surface area contributed by atoms with E-state index >= 15 is 0 Å². The van der Waals surface area contributed by atoms with Crippen LogP contribution in [0.25, 0.3) is 0 Å². The zero-order valence-electron chi connectivity index (χ0n) is 13.5. The molecule has 0 spiro atoms. The van der Waals surface area contributed by atoms with Crippen LogP contribution >= 0.6 is 11.6 Å². The first-order valence-corrected chi connectivity index (χ1v) is 7.98. The van der Waals surface area contributed by atoms with Gasteiger partial charge in [0.1, 0.15) is 23.9 Å². The number of furan rings is 1. The summed E-state index contributed by atoms with van der Waals surface area (Å²) in [6, 6.07) is 15.0. The zero-order chi connectivity index (χ0) is 17.8. The molecular formula is C19H16ClNO4. The van der Waals surface area contributed by atoms with Gasteiger partial charge in [-0.3, -0.25) is 4.79 Å². The Morgan fingerprint density at radius 1 is 1.20 bits per heavy atom. The molecule has 0 bridgehead atoms. The van der Waals surface area contributed by atoms with Crippen LogP contribution in [0.1, 0.15) is 21.9 Å². The van der Waals surface area contributed by atoms with Gasteiger partial charge in [-0.15, -0.1) is 0 Å². The molecule has 0 saturated carbocycles. The van der Waals surface area contributed by atoms with E-state index in [1.807, 2.05) is 19.1 Å². The van der Waals surface area contributed by atoms with Crippen LogP contribution in [-0.4, -0.2) is 11.0 Å². The van der Waals surface area contributed by atoms with Crippen molar-refractivity contribution in [2.24, 2.45) is 0 Å². The third-order valence-electron chi connectivity index (χ3n) is 3.51. The predicted molar refractivity (Wildman–Crippen MR) is 95.3 cm³/mol. The number of carbonyl (C=O) groups excluding carboxylic acids is 1. The monoisotopic (exact) mass is 357 g/mol. The minimum atomic E-state index is -0.411. The van der Waals surface area contributed by atoms with Crippen LogP contribution in [0, 0.1) is 6.92 Å². The Kier molecular flexibility index (Phi) is 4.95. The van der Waals surface area contributed by atoms with Crippen LogP contribution in [-0.2, 0) is 6.61 Å².